The molecule has 0 fully saturated rings. The molecule has 3 nitrogen and oxygen atoms in total. The van der Waals surface area contributed by atoms with Crippen LogP contribution in [0.3, 0.4) is 0 Å². The van der Waals surface area contributed by atoms with E-state index in [1.807, 2.05) is 56.3 Å². The van der Waals surface area contributed by atoms with Crippen LogP contribution in [0.25, 0.3) is 16.6 Å². The zero-order chi connectivity index (χ0) is 13.4. The lowest BCUT2D eigenvalue weighted by Gasteiger charge is -2.07. The number of fused-ring (bicyclic) bond motifs is 1. The molecule has 0 saturated heterocycles. The highest BCUT2D eigenvalue weighted by atomic mass is 16.1. The van der Waals surface area contributed by atoms with Gasteiger partial charge >= 0.3 is 0 Å². The van der Waals surface area contributed by atoms with Crippen molar-refractivity contribution in [2.24, 2.45) is 0 Å². The summed E-state index contributed by atoms with van der Waals surface area (Å²) in [6.45, 7) is 3.99. The lowest BCUT2D eigenvalue weighted by molar-refractivity contribution is 0.960. The largest absolute Gasteiger partial charge is 0.268 e. The van der Waals surface area contributed by atoms with Crippen LogP contribution in [0.1, 0.15) is 11.1 Å². The standard InChI is InChI=1S/C16H14N2O/c1-11-6-8-13(9-7-11)18-10-17-15-12(2)4-3-5-14(15)16(18)19/h3-10H,1-2H3. The molecule has 0 saturated carbocycles. The second-order valence-corrected chi connectivity index (χ2v) is 4.73. The highest BCUT2D eigenvalue weighted by molar-refractivity contribution is 5.80. The molecule has 0 bridgehead atoms. The summed E-state index contributed by atoms with van der Waals surface area (Å²) in [6.07, 6.45) is 1.60. The lowest BCUT2D eigenvalue weighted by atomic mass is 10.1. The van der Waals surface area contributed by atoms with E-state index in [-0.39, 0.29) is 5.56 Å². The van der Waals surface area contributed by atoms with E-state index in [9.17, 15) is 4.79 Å². The second kappa shape index (κ2) is 4.35. The predicted molar refractivity (Wildman–Crippen MR) is 76.8 cm³/mol. The van der Waals surface area contributed by atoms with Gasteiger partial charge in [-0.3, -0.25) is 9.36 Å². The number of hydrogen-bond donors (Lipinski definition) is 0. The quantitative estimate of drug-likeness (QED) is 0.665. The Morgan fingerprint density at radius 1 is 1.00 bits per heavy atom. The normalized spacial score (nSPS) is 10.8. The summed E-state index contributed by atoms with van der Waals surface area (Å²) in [6, 6.07) is 13.5. The van der Waals surface area contributed by atoms with Crippen LogP contribution in [0.15, 0.2) is 53.6 Å². The first kappa shape index (κ1) is 11.7. The second-order valence-electron chi connectivity index (χ2n) is 4.73. The van der Waals surface area contributed by atoms with Gasteiger partial charge in [0.15, 0.2) is 0 Å². The van der Waals surface area contributed by atoms with Gasteiger partial charge in [0.05, 0.1) is 16.6 Å². The summed E-state index contributed by atoms with van der Waals surface area (Å²) >= 11 is 0. The molecule has 3 heteroatoms. The first-order valence-corrected chi connectivity index (χ1v) is 6.21. The molecule has 0 atom stereocenters. The van der Waals surface area contributed by atoms with Crippen molar-refractivity contribution >= 4 is 10.9 Å². The maximum absolute atomic E-state index is 12.5. The van der Waals surface area contributed by atoms with Gasteiger partial charge < -0.3 is 0 Å². The Labute approximate surface area is 111 Å². The topological polar surface area (TPSA) is 34.9 Å². The summed E-state index contributed by atoms with van der Waals surface area (Å²) in [7, 11) is 0. The maximum Gasteiger partial charge on any atom is 0.265 e. The minimum absolute atomic E-state index is 0.0300. The van der Waals surface area contributed by atoms with Crippen molar-refractivity contribution in [3.63, 3.8) is 0 Å². The molecule has 3 rings (SSSR count). The van der Waals surface area contributed by atoms with Crippen LogP contribution >= 0.6 is 0 Å². The lowest BCUT2D eigenvalue weighted by Crippen LogP contribution is -2.19. The number of aryl methyl sites for hydroxylation is 2. The molecule has 1 aromatic heterocycles. The van der Waals surface area contributed by atoms with Crippen LogP contribution in [-0.4, -0.2) is 9.55 Å². The molecule has 0 N–H and O–H groups in total. The summed E-state index contributed by atoms with van der Waals surface area (Å²) in [5.74, 6) is 0. The molecule has 2 aromatic carbocycles. The van der Waals surface area contributed by atoms with Crippen molar-refractivity contribution in [2.75, 3.05) is 0 Å². The molecule has 0 radical (unpaired) electrons. The Hall–Kier alpha value is -2.42. The van der Waals surface area contributed by atoms with Crippen molar-refractivity contribution in [3.8, 4) is 5.69 Å². The Morgan fingerprint density at radius 2 is 1.74 bits per heavy atom. The molecular formula is C16H14N2O. The van der Waals surface area contributed by atoms with Crippen molar-refractivity contribution in [2.45, 2.75) is 13.8 Å². The molecule has 0 amide bonds. The fraction of sp³-hybridized carbons (Fsp3) is 0.125. The fourth-order valence-electron chi connectivity index (χ4n) is 2.19. The number of aromatic nitrogens is 2. The summed E-state index contributed by atoms with van der Waals surface area (Å²) in [4.78, 5) is 16.9. The van der Waals surface area contributed by atoms with Gasteiger partial charge in [-0.25, -0.2) is 4.98 Å². The average molecular weight is 250 g/mol. The predicted octanol–water partition coefficient (Wildman–Crippen LogP) is 3.00. The third-order valence-corrected chi connectivity index (χ3v) is 3.30. The zero-order valence-corrected chi connectivity index (χ0v) is 10.9. The van der Waals surface area contributed by atoms with Crippen LogP contribution in [-0.2, 0) is 0 Å². The molecule has 19 heavy (non-hydrogen) atoms. The van der Waals surface area contributed by atoms with Crippen molar-refractivity contribution in [3.05, 3.63) is 70.3 Å². The molecular weight excluding hydrogens is 236 g/mol. The molecule has 0 unspecified atom stereocenters. The molecule has 94 valence electrons. The Morgan fingerprint density at radius 3 is 2.47 bits per heavy atom. The first-order chi connectivity index (χ1) is 9.16. The molecule has 0 aliphatic carbocycles. The Bertz CT molecular complexity index is 801. The SMILES string of the molecule is Cc1ccc(-n2cnc3c(C)cccc3c2=O)cc1. The number of benzene rings is 2. The molecule has 0 spiro atoms. The molecule has 3 aromatic rings. The Kier molecular flexibility index (Phi) is 2.67. The van der Waals surface area contributed by atoms with E-state index in [1.165, 1.54) is 5.56 Å². The van der Waals surface area contributed by atoms with Crippen LogP contribution in [0.5, 0.6) is 0 Å². The van der Waals surface area contributed by atoms with Crippen LogP contribution in [0.2, 0.25) is 0 Å². The fourth-order valence-corrected chi connectivity index (χ4v) is 2.19. The van der Waals surface area contributed by atoms with Gasteiger partial charge in [-0.15, -0.1) is 0 Å². The van der Waals surface area contributed by atoms with Crippen LogP contribution in [0, 0.1) is 13.8 Å². The number of rotatable bonds is 1. The van der Waals surface area contributed by atoms with Crippen molar-refractivity contribution < 1.29 is 0 Å². The van der Waals surface area contributed by atoms with Gasteiger partial charge in [-0.05, 0) is 37.6 Å². The van der Waals surface area contributed by atoms with E-state index in [0.717, 1.165) is 16.8 Å². The van der Waals surface area contributed by atoms with E-state index in [1.54, 1.807) is 10.9 Å². The molecule has 0 aliphatic rings. The molecule has 1 heterocycles. The number of para-hydroxylation sites is 1. The molecule has 0 aliphatic heterocycles. The third kappa shape index (κ3) is 1.93. The average Bonchev–Trinajstić information content (AvgIpc) is 2.42. The van der Waals surface area contributed by atoms with Crippen LogP contribution in [0.4, 0.5) is 0 Å². The first-order valence-electron chi connectivity index (χ1n) is 6.21. The third-order valence-electron chi connectivity index (χ3n) is 3.30. The van der Waals surface area contributed by atoms with Gasteiger partial charge in [0.25, 0.3) is 5.56 Å². The summed E-state index contributed by atoms with van der Waals surface area (Å²) in [5, 5.41) is 0.656. The smallest absolute Gasteiger partial charge is 0.265 e. The maximum atomic E-state index is 12.5. The minimum atomic E-state index is -0.0300. The van der Waals surface area contributed by atoms with Crippen LogP contribution < -0.4 is 5.56 Å². The zero-order valence-electron chi connectivity index (χ0n) is 10.9. The van der Waals surface area contributed by atoms with E-state index in [4.69, 9.17) is 0 Å². The monoisotopic (exact) mass is 250 g/mol. The van der Waals surface area contributed by atoms with Gasteiger partial charge in [0, 0.05) is 0 Å². The van der Waals surface area contributed by atoms with E-state index < -0.39 is 0 Å². The van der Waals surface area contributed by atoms with Gasteiger partial charge in [0.1, 0.15) is 6.33 Å². The van der Waals surface area contributed by atoms with Gasteiger partial charge in [-0.1, -0.05) is 29.8 Å². The van der Waals surface area contributed by atoms with E-state index in [0.29, 0.717) is 5.39 Å². The van der Waals surface area contributed by atoms with E-state index in [2.05, 4.69) is 4.98 Å². The van der Waals surface area contributed by atoms with Gasteiger partial charge in [-0.2, -0.15) is 0 Å². The highest BCUT2D eigenvalue weighted by Gasteiger charge is 2.06. The minimum Gasteiger partial charge on any atom is -0.268 e. The van der Waals surface area contributed by atoms with E-state index >= 15 is 0 Å². The summed E-state index contributed by atoms with van der Waals surface area (Å²) in [5.41, 5.74) is 3.77. The van der Waals surface area contributed by atoms with Crippen molar-refractivity contribution in [1.29, 1.82) is 0 Å². The van der Waals surface area contributed by atoms with Crippen molar-refractivity contribution in [1.82, 2.24) is 9.55 Å². The summed E-state index contributed by atoms with van der Waals surface area (Å²) < 4.78 is 1.58. The highest BCUT2D eigenvalue weighted by Crippen LogP contribution is 2.13. The number of hydrogen-bond acceptors (Lipinski definition) is 2. The van der Waals surface area contributed by atoms with Gasteiger partial charge in [0.2, 0.25) is 0 Å². The number of nitrogens with zero attached hydrogens (tertiary/aromatic N) is 2. The Balaban J connectivity index is 2.29.